The van der Waals surface area contributed by atoms with Crippen molar-refractivity contribution in [2.45, 2.75) is 82.8 Å². The Morgan fingerprint density at radius 2 is 1.60 bits per heavy atom. The molecule has 0 unspecified atom stereocenters. The van der Waals surface area contributed by atoms with Crippen LogP contribution in [0.25, 0.3) is 0 Å². The Balaban J connectivity index is 2.56. The maximum atomic E-state index is 6.33. The SMILES string of the molecule is CCC(CC)(CC)O[C@@H]1CCCC[C@H]1Cl. The summed E-state index contributed by atoms with van der Waals surface area (Å²) in [6.45, 7) is 6.66. The molecule has 1 fully saturated rings. The number of hydrogen-bond acceptors (Lipinski definition) is 1. The van der Waals surface area contributed by atoms with Crippen molar-refractivity contribution in [3.8, 4) is 0 Å². The molecule has 2 heteroatoms. The predicted molar refractivity (Wildman–Crippen MR) is 66.6 cm³/mol. The van der Waals surface area contributed by atoms with Crippen LogP contribution in [0.15, 0.2) is 0 Å². The zero-order chi connectivity index (χ0) is 11.3. The molecule has 0 amide bonds. The molecule has 1 aliphatic rings. The van der Waals surface area contributed by atoms with Crippen LogP contribution in [-0.4, -0.2) is 17.1 Å². The van der Waals surface area contributed by atoms with Gasteiger partial charge in [0.15, 0.2) is 0 Å². The molecule has 15 heavy (non-hydrogen) atoms. The fraction of sp³-hybridized carbons (Fsp3) is 1.00. The fourth-order valence-electron chi connectivity index (χ4n) is 2.51. The summed E-state index contributed by atoms with van der Waals surface area (Å²) in [6.07, 6.45) is 8.41. The van der Waals surface area contributed by atoms with Gasteiger partial charge in [-0.1, -0.05) is 33.6 Å². The minimum absolute atomic E-state index is 0.0785. The molecular formula is C13H25ClO. The van der Waals surface area contributed by atoms with E-state index in [0.29, 0.717) is 6.10 Å². The van der Waals surface area contributed by atoms with Crippen LogP contribution in [0.4, 0.5) is 0 Å². The fourth-order valence-corrected chi connectivity index (χ4v) is 2.84. The van der Waals surface area contributed by atoms with Crippen LogP contribution in [0.2, 0.25) is 0 Å². The molecule has 0 aromatic rings. The van der Waals surface area contributed by atoms with E-state index in [1.165, 1.54) is 12.8 Å². The predicted octanol–water partition coefficient (Wildman–Crippen LogP) is 4.52. The highest BCUT2D eigenvalue weighted by Gasteiger charge is 2.33. The molecular weight excluding hydrogens is 208 g/mol. The number of hydrogen-bond donors (Lipinski definition) is 0. The van der Waals surface area contributed by atoms with E-state index in [2.05, 4.69) is 20.8 Å². The molecule has 1 saturated carbocycles. The van der Waals surface area contributed by atoms with Gasteiger partial charge >= 0.3 is 0 Å². The quantitative estimate of drug-likeness (QED) is 0.634. The molecule has 1 rings (SSSR count). The van der Waals surface area contributed by atoms with E-state index in [-0.39, 0.29) is 11.0 Å². The van der Waals surface area contributed by atoms with Gasteiger partial charge in [-0.2, -0.15) is 0 Å². The van der Waals surface area contributed by atoms with Gasteiger partial charge in [0, 0.05) is 0 Å². The van der Waals surface area contributed by atoms with Gasteiger partial charge in [-0.3, -0.25) is 0 Å². The third-order valence-electron chi connectivity index (χ3n) is 3.96. The summed E-state index contributed by atoms with van der Waals surface area (Å²) in [7, 11) is 0. The van der Waals surface area contributed by atoms with Crippen LogP contribution in [-0.2, 0) is 4.74 Å². The van der Waals surface area contributed by atoms with E-state index in [0.717, 1.165) is 32.1 Å². The van der Waals surface area contributed by atoms with Crippen molar-refractivity contribution in [2.75, 3.05) is 0 Å². The second kappa shape index (κ2) is 6.10. The van der Waals surface area contributed by atoms with Gasteiger partial charge in [-0.15, -0.1) is 11.6 Å². The summed E-state index contributed by atoms with van der Waals surface area (Å²) in [4.78, 5) is 0. The highest BCUT2D eigenvalue weighted by Crippen LogP contribution is 2.33. The van der Waals surface area contributed by atoms with Gasteiger partial charge in [-0.05, 0) is 32.1 Å². The first-order chi connectivity index (χ1) is 7.17. The Bertz CT molecular complexity index is 169. The van der Waals surface area contributed by atoms with Crippen LogP contribution in [0.1, 0.15) is 65.7 Å². The van der Waals surface area contributed by atoms with Crippen LogP contribution in [0, 0.1) is 0 Å². The van der Waals surface area contributed by atoms with Crippen LogP contribution in [0.3, 0.4) is 0 Å². The molecule has 0 radical (unpaired) electrons. The topological polar surface area (TPSA) is 9.23 Å². The summed E-state index contributed by atoms with van der Waals surface area (Å²) in [5.41, 5.74) is 0.0785. The third kappa shape index (κ3) is 3.35. The summed E-state index contributed by atoms with van der Waals surface area (Å²) < 4.78 is 6.31. The smallest absolute Gasteiger partial charge is 0.0746 e. The van der Waals surface area contributed by atoms with Gasteiger partial charge < -0.3 is 4.74 Å². The Labute approximate surface area is 99.5 Å². The molecule has 1 nitrogen and oxygen atoms in total. The number of halogens is 1. The maximum absolute atomic E-state index is 6.33. The first-order valence-electron chi connectivity index (χ1n) is 6.49. The second-order valence-corrected chi connectivity index (χ2v) is 5.26. The lowest BCUT2D eigenvalue weighted by molar-refractivity contribution is -0.110. The third-order valence-corrected chi connectivity index (χ3v) is 4.46. The lowest BCUT2D eigenvalue weighted by Gasteiger charge is -2.38. The summed E-state index contributed by atoms with van der Waals surface area (Å²) >= 11 is 6.33. The molecule has 0 aromatic heterocycles. The average molecular weight is 233 g/mol. The van der Waals surface area contributed by atoms with Crippen molar-refractivity contribution in [1.82, 2.24) is 0 Å². The van der Waals surface area contributed by atoms with Crippen LogP contribution < -0.4 is 0 Å². The molecule has 90 valence electrons. The maximum Gasteiger partial charge on any atom is 0.0746 e. The molecule has 0 aromatic carbocycles. The van der Waals surface area contributed by atoms with Crippen molar-refractivity contribution < 1.29 is 4.74 Å². The molecule has 0 aliphatic heterocycles. The van der Waals surface area contributed by atoms with E-state index >= 15 is 0 Å². The Hall–Kier alpha value is 0.250. The average Bonchev–Trinajstić information content (AvgIpc) is 2.29. The van der Waals surface area contributed by atoms with Crippen molar-refractivity contribution in [3.05, 3.63) is 0 Å². The zero-order valence-corrected chi connectivity index (χ0v) is 11.1. The van der Waals surface area contributed by atoms with Crippen LogP contribution in [0.5, 0.6) is 0 Å². The van der Waals surface area contributed by atoms with E-state index < -0.39 is 0 Å². The van der Waals surface area contributed by atoms with E-state index in [4.69, 9.17) is 16.3 Å². The van der Waals surface area contributed by atoms with Gasteiger partial charge in [-0.25, -0.2) is 0 Å². The first kappa shape index (κ1) is 13.3. The minimum atomic E-state index is 0.0785. The van der Waals surface area contributed by atoms with E-state index in [9.17, 15) is 0 Å². The van der Waals surface area contributed by atoms with Crippen molar-refractivity contribution in [3.63, 3.8) is 0 Å². The van der Waals surface area contributed by atoms with Gasteiger partial charge in [0.2, 0.25) is 0 Å². The molecule has 0 N–H and O–H groups in total. The number of ether oxygens (including phenoxy) is 1. The normalized spacial score (nSPS) is 28.0. The van der Waals surface area contributed by atoms with Crippen molar-refractivity contribution in [1.29, 1.82) is 0 Å². The van der Waals surface area contributed by atoms with Gasteiger partial charge in [0.1, 0.15) is 0 Å². The molecule has 0 spiro atoms. The second-order valence-electron chi connectivity index (χ2n) is 4.70. The highest BCUT2D eigenvalue weighted by atomic mass is 35.5. The van der Waals surface area contributed by atoms with Crippen molar-refractivity contribution in [2.24, 2.45) is 0 Å². The minimum Gasteiger partial charge on any atom is -0.370 e. The number of rotatable bonds is 5. The lowest BCUT2D eigenvalue weighted by atomic mass is 9.91. The molecule has 1 aliphatic carbocycles. The molecule has 0 bridgehead atoms. The van der Waals surface area contributed by atoms with E-state index in [1.54, 1.807) is 0 Å². The first-order valence-corrected chi connectivity index (χ1v) is 6.93. The lowest BCUT2D eigenvalue weighted by Crippen LogP contribution is -2.40. The molecule has 0 saturated heterocycles. The zero-order valence-electron chi connectivity index (χ0n) is 10.4. The number of alkyl halides is 1. The molecule has 2 atom stereocenters. The Kier molecular flexibility index (Phi) is 5.42. The largest absolute Gasteiger partial charge is 0.370 e. The van der Waals surface area contributed by atoms with Gasteiger partial charge in [0.25, 0.3) is 0 Å². The Morgan fingerprint density at radius 1 is 1.07 bits per heavy atom. The summed E-state index contributed by atoms with van der Waals surface area (Å²) in [5, 5.41) is 0.239. The standard InChI is InChI=1S/C13H25ClO/c1-4-13(5-2,6-3)15-12-10-8-7-9-11(12)14/h11-12H,4-10H2,1-3H3/t11-,12-/m1/s1. The Morgan fingerprint density at radius 3 is 2.07 bits per heavy atom. The highest BCUT2D eigenvalue weighted by molar-refractivity contribution is 6.21. The van der Waals surface area contributed by atoms with Crippen molar-refractivity contribution >= 4 is 11.6 Å². The summed E-state index contributed by atoms with van der Waals surface area (Å²) in [6, 6.07) is 0. The summed E-state index contributed by atoms with van der Waals surface area (Å²) in [5.74, 6) is 0. The monoisotopic (exact) mass is 232 g/mol. The van der Waals surface area contributed by atoms with Gasteiger partial charge in [0.05, 0.1) is 17.1 Å². The molecule has 0 heterocycles. The van der Waals surface area contributed by atoms with Crippen LogP contribution >= 0.6 is 11.6 Å². The van der Waals surface area contributed by atoms with E-state index in [1.807, 2.05) is 0 Å².